The number of rotatable bonds is 0. The second kappa shape index (κ2) is 2.38. The normalized spacial score (nSPS) is 18.9. The van der Waals surface area contributed by atoms with Gasteiger partial charge in [-0.05, 0) is 0 Å². The predicted molar refractivity (Wildman–Crippen MR) is 43.1 cm³/mol. The van der Waals surface area contributed by atoms with Crippen molar-refractivity contribution in [1.82, 2.24) is 0 Å². The highest BCUT2D eigenvalue weighted by atomic mass is 127. The molecule has 4 heteroatoms. The molecule has 0 amide bonds. The maximum absolute atomic E-state index is 8.75. The average Bonchev–Trinajstić information content (AvgIpc) is 1.83. The Kier molecular flexibility index (Phi) is 1.75. The Labute approximate surface area is 61.7 Å². The maximum Gasteiger partial charge on any atom is 0.201 e. The fourth-order valence-electron chi connectivity index (χ4n) is 0.385. The van der Waals surface area contributed by atoms with Gasteiger partial charge in [-0.1, -0.05) is 20.7 Å². The molecule has 0 saturated heterocycles. The molecule has 0 spiro atoms. The summed E-state index contributed by atoms with van der Waals surface area (Å²) in [5.41, 5.74) is 0. The lowest BCUT2D eigenvalue weighted by atomic mass is 10.4. The summed E-state index contributed by atoms with van der Waals surface area (Å²) in [5, 5.41) is 26.2. The minimum Gasteiger partial charge on any atom is -0.504 e. The van der Waals surface area contributed by atoms with Gasteiger partial charge in [-0.3, -0.25) is 0 Å². The van der Waals surface area contributed by atoms with Crippen molar-refractivity contribution in [3.63, 3.8) is 0 Å². The second-order valence-corrected chi connectivity index (χ2v) is 3.43. The first-order valence-corrected chi connectivity index (χ1v) is 4.68. The summed E-state index contributed by atoms with van der Waals surface area (Å²) >= 11 is -0.398. The van der Waals surface area contributed by atoms with Crippen molar-refractivity contribution in [3.05, 3.63) is 21.4 Å². The molecule has 0 radical (unpaired) electrons. The monoisotopic (exact) mass is 240 g/mol. The van der Waals surface area contributed by atoms with Crippen molar-refractivity contribution >= 4 is 24.7 Å². The molecular formula is C5H5IO3. The van der Waals surface area contributed by atoms with Crippen LogP contribution in [-0.2, 0) is 0 Å². The first-order valence-electron chi connectivity index (χ1n) is 2.18. The molecule has 3 nitrogen and oxygen atoms in total. The number of aliphatic hydroxyl groups excluding tert-OH is 3. The molecule has 0 unspecified atom stereocenters. The molecule has 1 rings (SSSR count). The molecule has 9 heavy (non-hydrogen) atoms. The Bertz CT molecular complexity index is 214. The lowest BCUT2D eigenvalue weighted by Crippen LogP contribution is -1.96. The van der Waals surface area contributed by atoms with Crippen molar-refractivity contribution < 1.29 is 15.3 Å². The third-order valence-corrected chi connectivity index (χ3v) is 2.72. The van der Waals surface area contributed by atoms with Crippen LogP contribution in [0.15, 0.2) is 21.4 Å². The number of allylic oxidation sites excluding steroid dienone is 1. The fourth-order valence-corrected chi connectivity index (χ4v) is 1.84. The molecule has 1 aliphatic rings. The summed E-state index contributed by atoms with van der Waals surface area (Å²) in [6, 6.07) is 0. The number of aliphatic hydroxyl groups is 3. The van der Waals surface area contributed by atoms with E-state index < -0.39 is 26.5 Å². The van der Waals surface area contributed by atoms with Gasteiger partial charge in [-0.25, -0.2) is 0 Å². The molecule has 0 aromatic heterocycles. The smallest absolute Gasteiger partial charge is 0.201 e. The summed E-state index contributed by atoms with van der Waals surface area (Å²) in [7, 11) is 0. The molecule has 0 bridgehead atoms. The van der Waals surface area contributed by atoms with Gasteiger partial charge in [0.2, 0.25) is 5.76 Å². The van der Waals surface area contributed by atoms with E-state index in [1.807, 2.05) is 0 Å². The minimum atomic E-state index is -0.416. The average molecular weight is 240 g/mol. The lowest BCUT2D eigenvalue weighted by molar-refractivity contribution is 0.297. The molecule has 3 N–H and O–H groups in total. The minimum absolute atomic E-state index is 0.206. The van der Waals surface area contributed by atoms with E-state index in [9.17, 15) is 0 Å². The van der Waals surface area contributed by atoms with E-state index in [4.69, 9.17) is 15.3 Å². The third-order valence-electron chi connectivity index (χ3n) is 0.818. The second-order valence-electron chi connectivity index (χ2n) is 1.46. The highest BCUT2D eigenvalue weighted by Crippen LogP contribution is 2.17. The zero-order valence-electron chi connectivity index (χ0n) is 4.37. The molecule has 0 aromatic rings. The Morgan fingerprint density at radius 2 is 1.89 bits per heavy atom. The Morgan fingerprint density at radius 1 is 1.22 bits per heavy atom. The molecule has 0 aromatic carbocycles. The summed E-state index contributed by atoms with van der Waals surface area (Å²) < 4.78 is 3.04. The van der Waals surface area contributed by atoms with E-state index in [0.717, 1.165) is 0 Å². The van der Waals surface area contributed by atoms with Crippen LogP contribution in [0.4, 0.5) is 0 Å². The molecule has 1 aliphatic heterocycles. The Morgan fingerprint density at radius 3 is 2.33 bits per heavy atom. The largest absolute Gasteiger partial charge is 0.504 e. The van der Waals surface area contributed by atoms with Crippen LogP contribution in [0.2, 0.25) is 0 Å². The predicted octanol–water partition coefficient (Wildman–Crippen LogP) is 1.50. The van der Waals surface area contributed by atoms with Crippen LogP contribution in [0.3, 0.4) is 0 Å². The third kappa shape index (κ3) is 1.24. The van der Waals surface area contributed by atoms with E-state index in [0.29, 0.717) is 0 Å². The van der Waals surface area contributed by atoms with Crippen molar-refractivity contribution in [2.75, 3.05) is 0 Å². The zero-order chi connectivity index (χ0) is 6.85. The van der Waals surface area contributed by atoms with Gasteiger partial charge in [-0.15, -0.1) is 0 Å². The van der Waals surface area contributed by atoms with Crippen LogP contribution < -0.4 is 0 Å². The van der Waals surface area contributed by atoms with E-state index in [1.54, 1.807) is 0 Å². The van der Waals surface area contributed by atoms with Gasteiger partial charge in [0.15, 0.2) is 11.5 Å². The van der Waals surface area contributed by atoms with Crippen LogP contribution in [0.5, 0.6) is 0 Å². The molecule has 0 atom stereocenters. The van der Waals surface area contributed by atoms with E-state index in [2.05, 4.69) is 0 Å². The Hall–Kier alpha value is -0.520. The molecule has 0 fully saturated rings. The number of hydrogen-bond donors (Lipinski definition) is 3. The number of halogens is 1. The highest BCUT2D eigenvalue weighted by Gasteiger charge is 2.08. The highest BCUT2D eigenvalue weighted by molar-refractivity contribution is 14.2. The first-order chi connectivity index (χ1) is 4.22. The van der Waals surface area contributed by atoms with Crippen molar-refractivity contribution in [2.45, 2.75) is 0 Å². The van der Waals surface area contributed by atoms with E-state index in [-0.39, 0.29) is 11.5 Å². The molecule has 1 heterocycles. The fraction of sp³-hybridized carbons (Fsp3) is 0. The van der Waals surface area contributed by atoms with Gasteiger partial charge in [0.05, 0.1) is 0 Å². The van der Waals surface area contributed by atoms with E-state index in [1.165, 1.54) is 8.09 Å². The maximum atomic E-state index is 8.75. The first kappa shape index (κ1) is 6.60. The van der Waals surface area contributed by atoms with Crippen LogP contribution in [0.25, 0.3) is 0 Å². The summed E-state index contributed by atoms with van der Waals surface area (Å²) in [6.07, 6.45) is 0. The molecule has 0 saturated carbocycles. The van der Waals surface area contributed by atoms with Gasteiger partial charge in [0.1, 0.15) is 0 Å². The van der Waals surface area contributed by atoms with Gasteiger partial charge in [-0.2, -0.15) is 0 Å². The molecule has 50 valence electrons. The summed E-state index contributed by atoms with van der Waals surface area (Å²) in [4.78, 5) is 0. The lowest BCUT2D eigenvalue weighted by Gasteiger charge is -2.01. The van der Waals surface area contributed by atoms with Gasteiger partial charge >= 0.3 is 0 Å². The standard InChI is InChI=1S/C5H5IO3/c7-3-1-6-2-4(8)5(3)9/h1-2,7-9H. The van der Waals surface area contributed by atoms with Crippen LogP contribution in [0, 0.1) is 0 Å². The molecule has 0 aliphatic carbocycles. The van der Waals surface area contributed by atoms with Crippen LogP contribution in [0.1, 0.15) is 0 Å². The SMILES string of the molecule is OC1=CI=CC(O)=C1O. The van der Waals surface area contributed by atoms with Crippen LogP contribution in [-0.4, -0.2) is 19.3 Å². The van der Waals surface area contributed by atoms with Crippen molar-refractivity contribution in [2.24, 2.45) is 0 Å². The van der Waals surface area contributed by atoms with Crippen molar-refractivity contribution in [3.8, 4) is 0 Å². The van der Waals surface area contributed by atoms with Gasteiger partial charge in [0.25, 0.3) is 0 Å². The topological polar surface area (TPSA) is 60.7 Å². The van der Waals surface area contributed by atoms with Crippen LogP contribution >= 0.6 is 20.7 Å². The van der Waals surface area contributed by atoms with Gasteiger partial charge in [0, 0.05) is 8.09 Å². The quantitative estimate of drug-likeness (QED) is 0.562. The summed E-state index contributed by atoms with van der Waals surface area (Å²) in [5.74, 6) is -0.827. The summed E-state index contributed by atoms with van der Waals surface area (Å²) in [6.45, 7) is 0. The van der Waals surface area contributed by atoms with Crippen molar-refractivity contribution in [1.29, 1.82) is 0 Å². The molecular weight excluding hydrogens is 235 g/mol. The zero-order valence-corrected chi connectivity index (χ0v) is 6.53. The Balaban J connectivity index is 3.06. The number of hydrogen-bond acceptors (Lipinski definition) is 3. The van der Waals surface area contributed by atoms with E-state index >= 15 is 0 Å². The van der Waals surface area contributed by atoms with Gasteiger partial charge < -0.3 is 15.3 Å².